The minimum absolute atomic E-state index is 0.0467. The minimum Gasteiger partial charge on any atom is -0.493 e. The highest BCUT2D eigenvalue weighted by Crippen LogP contribution is 2.28. The number of ether oxygens (including phenoxy) is 3. The zero-order chi connectivity index (χ0) is 18.7. The molecule has 1 aromatic carbocycles. The zero-order valence-electron chi connectivity index (χ0n) is 14.0. The van der Waals surface area contributed by atoms with Gasteiger partial charge in [0.2, 0.25) is 0 Å². The average molecular weight is 382 g/mol. The van der Waals surface area contributed by atoms with Gasteiger partial charge in [0.1, 0.15) is 10.8 Å². The molecule has 0 spiro atoms. The van der Waals surface area contributed by atoms with Crippen LogP contribution in [0.3, 0.4) is 0 Å². The second-order valence-corrected chi connectivity index (χ2v) is 6.70. The third-order valence-electron chi connectivity index (χ3n) is 3.64. The molecule has 2 aromatic heterocycles. The number of rotatable bonds is 7. The maximum absolute atomic E-state index is 12.6. The van der Waals surface area contributed by atoms with E-state index in [1.807, 2.05) is 0 Å². The monoisotopic (exact) mass is 382 g/mol. The molecule has 2 heterocycles. The number of alkyl halides is 2. The molecule has 0 saturated carbocycles. The summed E-state index contributed by atoms with van der Waals surface area (Å²) in [4.78, 5) is 7.23. The Labute approximate surface area is 150 Å². The van der Waals surface area contributed by atoms with Crippen molar-refractivity contribution in [1.82, 2.24) is 9.97 Å². The van der Waals surface area contributed by atoms with Gasteiger partial charge in [-0.1, -0.05) is 0 Å². The molecule has 3 rings (SSSR count). The standard InChI is InChI=1S/C17H16F2N2O4S/c1-23-14-7-11(20-8-15(14)24-2)9-26(22)16-6-10-5-12(25-17(18)19)3-4-13(10)21-16/h3-8,17,21H,9H2,1-2H3. The molecule has 0 amide bonds. The number of aromatic nitrogens is 2. The van der Waals surface area contributed by atoms with Crippen LogP contribution in [-0.2, 0) is 16.6 Å². The molecule has 1 atom stereocenters. The second-order valence-electron chi connectivity index (χ2n) is 5.28. The number of aromatic amines is 1. The summed E-state index contributed by atoms with van der Waals surface area (Å²) in [5.41, 5.74) is 1.25. The number of H-pyrrole nitrogens is 1. The summed E-state index contributed by atoms with van der Waals surface area (Å²) in [7, 11) is 1.61. The second kappa shape index (κ2) is 7.69. The topological polar surface area (TPSA) is 73.4 Å². The largest absolute Gasteiger partial charge is 0.493 e. The van der Waals surface area contributed by atoms with Crippen LogP contribution in [0.2, 0.25) is 0 Å². The Kier molecular flexibility index (Phi) is 5.36. The lowest BCUT2D eigenvalue weighted by Crippen LogP contribution is -2.01. The molecule has 0 aliphatic carbocycles. The first kappa shape index (κ1) is 18.1. The van der Waals surface area contributed by atoms with Crippen molar-refractivity contribution in [2.45, 2.75) is 17.4 Å². The van der Waals surface area contributed by atoms with Crippen molar-refractivity contribution in [3.05, 3.63) is 42.2 Å². The normalized spacial score (nSPS) is 12.3. The van der Waals surface area contributed by atoms with Crippen LogP contribution in [0.15, 0.2) is 41.6 Å². The molecular formula is C17H16F2N2O4S. The molecule has 138 valence electrons. The van der Waals surface area contributed by atoms with Crippen LogP contribution in [0.25, 0.3) is 10.9 Å². The highest BCUT2D eigenvalue weighted by atomic mass is 32.2. The number of halogens is 2. The highest BCUT2D eigenvalue weighted by molar-refractivity contribution is 7.84. The van der Waals surface area contributed by atoms with Gasteiger partial charge in [0, 0.05) is 17.0 Å². The van der Waals surface area contributed by atoms with E-state index in [1.54, 1.807) is 18.2 Å². The average Bonchev–Trinajstić information content (AvgIpc) is 3.04. The van der Waals surface area contributed by atoms with Gasteiger partial charge in [-0.2, -0.15) is 8.78 Å². The van der Waals surface area contributed by atoms with Gasteiger partial charge in [-0.15, -0.1) is 0 Å². The molecule has 0 aliphatic heterocycles. The molecule has 9 heteroatoms. The van der Waals surface area contributed by atoms with E-state index < -0.39 is 17.4 Å². The number of nitrogens with one attached hydrogen (secondary N) is 1. The van der Waals surface area contributed by atoms with Gasteiger partial charge in [-0.05, 0) is 24.3 Å². The summed E-state index contributed by atoms with van der Waals surface area (Å²) >= 11 is 0. The summed E-state index contributed by atoms with van der Waals surface area (Å²) in [5, 5.41) is 1.09. The van der Waals surface area contributed by atoms with Crippen LogP contribution in [0.5, 0.6) is 17.2 Å². The maximum atomic E-state index is 12.6. The fourth-order valence-corrected chi connectivity index (χ4v) is 3.52. The number of methoxy groups -OCH3 is 2. The molecular weight excluding hydrogens is 366 g/mol. The quantitative estimate of drug-likeness (QED) is 0.677. The van der Waals surface area contributed by atoms with E-state index in [1.165, 1.54) is 32.5 Å². The van der Waals surface area contributed by atoms with E-state index >= 15 is 0 Å². The Morgan fingerprint density at radius 2 is 1.92 bits per heavy atom. The first-order valence-corrected chi connectivity index (χ1v) is 8.85. The molecule has 6 nitrogen and oxygen atoms in total. The lowest BCUT2D eigenvalue weighted by Gasteiger charge is -2.08. The van der Waals surface area contributed by atoms with Crippen molar-refractivity contribution in [2.24, 2.45) is 0 Å². The lowest BCUT2D eigenvalue weighted by molar-refractivity contribution is -0.0497. The van der Waals surface area contributed by atoms with Crippen molar-refractivity contribution in [2.75, 3.05) is 14.2 Å². The van der Waals surface area contributed by atoms with Crippen molar-refractivity contribution in [3.8, 4) is 17.2 Å². The van der Waals surface area contributed by atoms with E-state index in [-0.39, 0.29) is 11.5 Å². The predicted octanol–water partition coefficient (Wildman–Crippen LogP) is 3.49. The fraction of sp³-hybridized carbons (Fsp3) is 0.235. The molecule has 3 aromatic rings. The summed E-state index contributed by atoms with van der Waals surface area (Å²) in [6.45, 7) is -2.89. The molecule has 1 N–H and O–H groups in total. The van der Waals surface area contributed by atoms with Gasteiger partial charge >= 0.3 is 6.61 Å². The Morgan fingerprint density at radius 1 is 1.15 bits per heavy atom. The Balaban J connectivity index is 1.81. The molecule has 26 heavy (non-hydrogen) atoms. The lowest BCUT2D eigenvalue weighted by atomic mass is 10.2. The van der Waals surface area contributed by atoms with Crippen molar-refractivity contribution >= 4 is 21.7 Å². The molecule has 1 unspecified atom stereocenters. The third kappa shape index (κ3) is 3.93. The van der Waals surface area contributed by atoms with Gasteiger partial charge in [0.25, 0.3) is 0 Å². The smallest absolute Gasteiger partial charge is 0.387 e. The number of benzene rings is 1. The highest BCUT2D eigenvalue weighted by Gasteiger charge is 2.13. The molecule has 0 bridgehead atoms. The van der Waals surface area contributed by atoms with Gasteiger partial charge in [0.05, 0.1) is 42.7 Å². The van der Waals surface area contributed by atoms with Gasteiger partial charge in [-0.25, -0.2) is 0 Å². The number of pyridine rings is 1. The van der Waals surface area contributed by atoms with Crippen molar-refractivity contribution in [1.29, 1.82) is 0 Å². The number of hydrogen-bond acceptors (Lipinski definition) is 5. The van der Waals surface area contributed by atoms with Crippen LogP contribution in [0.1, 0.15) is 5.69 Å². The van der Waals surface area contributed by atoms with Crippen molar-refractivity contribution < 1.29 is 27.2 Å². The molecule has 0 aliphatic rings. The Hall–Kier alpha value is -2.68. The molecule has 0 saturated heterocycles. The van der Waals surface area contributed by atoms with Crippen molar-refractivity contribution in [3.63, 3.8) is 0 Å². The van der Waals surface area contributed by atoms with Crippen LogP contribution in [0.4, 0.5) is 8.78 Å². The summed E-state index contributed by atoms with van der Waals surface area (Å²) in [6, 6.07) is 7.79. The number of fused-ring (bicyclic) bond motifs is 1. The summed E-state index contributed by atoms with van der Waals surface area (Å²) < 4.78 is 51.9. The van der Waals surface area contributed by atoms with Crippen LogP contribution in [0, 0.1) is 0 Å². The predicted molar refractivity (Wildman–Crippen MR) is 92.4 cm³/mol. The van der Waals surface area contributed by atoms with Crippen LogP contribution < -0.4 is 14.2 Å². The van der Waals surface area contributed by atoms with E-state index in [2.05, 4.69) is 14.7 Å². The number of nitrogens with zero attached hydrogens (tertiary/aromatic N) is 1. The fourth-order valence-electron chi connectivity index (χ4n) is 2.45. The van der Waals surface area contributed by atoms with E-state index in [0.717, 1.165) is 0 Å². The first-order valence-electron chi connectivity index (χ1n) is 7.53. The van der Waals surface area contributed by atoms with Gasteiger partial charge in [-0.3, -0.25) is 9.19 Å². The Morgan fingerprint density at radius 3 is 2.62 bits per heavy atom. The Bertz CT molecular complexity index is 946. The van der Waals surface area contributed by atoms with Crippen LogP contribution >= 0.6 is 0 Å². The van der Waals surface area contributed by atoms with E-state index in [4.69, 9.17) is 9.47 Å². The SMILES string of the molecule is COc1cnc(CS(=O)c2cc3cc(OC(F)F)ccc3[nH]2)cc1OC. The summed E-state index contributed by atoms with van der Waals surface area (Å²) in [6.07, 6.45) is 1.50. The van der Waals surface area contributed by atoms with Gasteiger partial charge < -0.3 is 19.2 Å². The maximum Gasteiger partial charge on any atom is 0.387 e. The number of hydrogen-bond donors (Lipinski definition) is 1. The van der Waals surface area contributed by atoms with Gasteiger partial charge in [0.15, 0.2) is 11.5 Å². The summed E-state index contributed by atoms with van der Waals surface area (Å²) in [5.74, 6) is 1.19. The first-order chi connectivity index (χ1) is 12.5. The van der Waals surface area contributed by atoms with E-state index in [0.29, 0.717) is 33.1 Å². The van der Waals surface area contributed by atoms with E-state index in [9.17, 15) is 13.0 Å². The van der Waals surface area contributed by atoms with Crippen LogP contribution in [-0.4, -0.2) is 35.0 Å². The molecule has 0 fully saturated rings. The minimum atomic E-state index is -2.89. The molecule has 0 radical (unpaired) electrons. The third-order valence-corrected chi connectivity index (χ3v) is 4.91. The zero-order valence-corrected chi connectivity index (χ0v) is 14.8.